The Hall–Kier alpha value is 0.394. The molecular formula is C9H24NSi2. The molecule has 0 aromatic heterocycles. The van der Waals surface area contributed by atoms with Crippen molar-refractivity contribution in [2.24, 2.45) is 0 Å². The van der Waals surface area contributed by atoms with Gasteiger partial charge in [0.15, 0.2) is 0 Å². The summed E-state index contributed by atoms with van der Waals surface area (Å²) in [6.45, 7) is 19.7. The summed E-state index contributed by atoms with van der Waals surface area (Å²) >= 11 is 0. The van der Waals surface area contributed by atoms with E-state index in [1.165, 1.54) is 6.54 Å². The smallest absolute Gasteiger partial charge is 0.112 e. The molecule has 0 atom stereocenters. The zero-order valence-electron chi connectivity index (χ0n) is 9.57. The fourth-order valence-electron chi connectivity index (χ4n) is 1.84. The fraction of sp³-hybridized carbons (Fsp3) is 0.889. The van der Waals surface area contributed by atoms with E-state index in [9.17, 15) is 0 Å². The minimum atomic E-state index is -1.09. The van der Waals surface area contributed by atoms with Crippen LogP contribution in [0.4, 0.5) is 0 Å². The van der Waals surface area contributed by atoms with Crippen LogP contribution in [-0.4, -0.2) is 27.2 Å². The molecule has 0 heterocycles. The summed E-state index contributed by atoms with van der Waals surface area (Å²) in [5, 5.41) is 0. The average Bonchev–Trinajstić information content (AvgIpc) is 1.77. The Morgan fingerprint density at radius 1 is 0.917 bits per heavy atom. The molecule has 0 aliphatic rings. The van der Waals surface area contributed by atoms with E-state index in [4.69, 9.17) is 0 Å². The number of hydrogen-bond donors (Lipinski definition) is 0. The van der Waals surface area contributed by atoms with Gasteiger partial charge in [-0.15, -0.1) is 0 Å². The van der Waals surface area contributed by atoms with Crippen LogP contribution in [0.1, 0.15) is 6.42 Å². The molecule has 0 fully saturated rings. The molecule has 0 unspecified atom stereocenters. The van der Waals surface area contributed by atoms with Crippen molar-refractivity contribution in [3.05, 3.63) is 6.92 Å². The van der Waals surface area contributed by atoms with Crippen LogP contribution in [0.25, 0.3) is 0 Å². The molecular weight excluding hydrogens is 178 g/mol. The van der Waals surface area contributed by atoms with E-state index in [0.717, 1.165) is 6.42 Å². The van der Waals surface area contributed by atoms with Gasteiger partial charge in [-0.1, -0.05) is 46.2 Å². The summed E-state index contributed by atoms with van der Waals surface area (Å²) in [6.07, 6.45) is 1.05. The van der Waals surface area contributed by atoms with Crippen molar-refractivity contribution in [2.75, 3.05) is 6.54 Å². The SMILES string of the molecule is [CH2]CCN([Si](C)(C)C)[Si](C)(C)C. The molecule has 3 heteroatoms. The quantitative estimate of drug-likeness (QED) is 0.633. The molecule has 0 bridgehead atoms. The lowest BCUT2D eigenvalue weighted by Crippen LogP contribution is -2.59. The van der Waals surface area contributed by atoms with Crippen molar-refractivity contribution in [3.63, 3.8) is 0 Å². The van der Waals surface area contributed by atoms with Gasteiger partial charge in [0, 0.05) is 0 Å². The first-order chi connectivity index (χ1) is 5.19. The van der Waals surface area contributed by atoms with Crippen molar-refractivity contribution in [1.82, 2.24) is 4.23 Å². The second-order valence-corrected chi connectivity index (χ2v) is 15.6. The molecule has 0 saturated heterocycles. The van der Waals surface area contributed by atoms with Gasteiger partial charge in [-0.2, -0.15) is 0 Å². The van der Waals surface area contributed by atoms with Gasteiger partial charge in [-0.3, -0.25) is 0 Å². The zero-order chi connectivity index (χ0) is 9.99. The van der Waals surface area contributed by atoms with E-state index >= 15 is 0 Å². The van der Waals surface area contributed by atoms with Crippen LogP contribution in [0.3, 0.4) is 0 Å². The largest absolute Gasteiger partial charge is 0.346 e. The average molecular weight is 202 g/mol. The monoisotopic (exact) mass is 202 g/mol. The molecule has 0 aromatic rings. The molecule has 1 nitrogen and oxygen atoms in total. The lowest BCUT2D eigenvalue weighted by atomic mass is 10.5. The summed E-state index contributed by atoms with van der Waals surface area (Å²) in [5.74, 6) is 0. The van der Waals surface area contributed by atoms with Gasteiger partial charge < -0.3 is 4.23 Å². The molecule has 12 heavy (non-hydrogen) atoms. The molecule has 0 rings (SSSR count). The highest BCUT2D eigenvalue weighted by atomic mass is 28.4. The maximum absolute atomic E-state index is 3.96. The number of nitrogens with zero attached hydrogens (tertiary/aromatic N) is 1. The minimum absolute atomic E-state index is 1.05. The minimum Gasteiger partial charge on any atom is -0.346 e. The van der Waals surface area contributed by atoms with Gasteiger partial charge in [0.05, 0.1) is 0 Å². The Bertz CT molecular complexity index is 118. The van der Waals surface area contributed by atoms with E-state index in [1.54, 1.807) is 0 Å². The standard InChI is InChI=1S/C9H24NSi2/c1-8-9-10(11(2,3)4)12(5,6)7/h1,8-9H2,2-7H3. The van der Waals surface area contributed by atoms with Gasteiger partial charge in [-0.05, 0) is 13.0 Å². The molecule has 0 aromatic carbocycles. The molecule has 0 aliphatic carbocycles. The second-order valence-electron chi connectivity index (χ2n) is 5.35. The summed E-state index contributed by atoms with van der Waals surface area (Å²) in [7, 11) is -2.18. The zero-order valence-corrected chi connectivity index (χ0v) is 11.6. The fourth-order valence-corrected chi connectivity index (χ4v) is 11.5. The van der Waals surface area contributed by atoms with Crippen molar-refractivity contribution in [3.8, 4) is 0 Å². The number of rotatable bonds is 4. The van der Waals surface area contributed by atoms with Crippen molar-refractivity contribution < 1.29 is 0 Å². The molecule has 0 amide bonds. The highest BCUT2D eigenvalue weighted by Gasteiger charge is 2.33. The summed E-state index contributed by atoms with van der Waals surface area (Å²) < 4.78 is 2.77. The summed E-state index contributed by atoms with van der Waals surface area (Å²) in [6, 6.07) is 0. The second kappa shape index (κ2) is 4.07. The van der Waals surface area contributed by atoms with Gasteiger partial charge in [0.1, 0.15) is 16.5 Å². The van der Waals surface area contributed by atoms with Crippen LogP contribution in [0.15, 0.2) is 0 Å². The third-order valence-electron chi connectivity index (χ3n) is 2.00. The molecule has 73 valence electrons. The third-order valence-corrected chi connectivity index (χ3v) is 9.71. The Morgan fingerprint density at radius 3 is 1.33 bits per heavy atom. The predicted octanol–water partition coefficient (Wildman–Crippen LogP) is 3.18. The first kappa shape index (κ1) is 12.4. The highest BCUT2D eigenvalue weighted by molar-refractivity contribution is 6.89. The van der Waals surface area contributed by atoms with Gasteiger partial charge in [-0.25, -0.2) is 0 Å². The van der Waals surface area contributed by atoms with Crippen LogP contribution in [0.2, 0.25) is 39.3 Å². The lowest BCUT2D eigenvalue weighted by Gasteiger charge is -2.43. The maximum Gasteiger partial charge on any atom is 0.112 e. The Kier molecular flexibility index (Phi) is 4.20. The van der Waals surface area contributed by atoms with Gasteiger partial charge in [0.25, 0.3) is 0 Å². The van der Waals surface area contributed by atoms with Crippen LogP contribution in [-0.2, 0) is 0 Å². The Labute approximate surface area is 80.3 Å². The summed E-state index contributed by atoms with van der Waals surface area (Å²) in [4.78, 5) is 0. The molecule has 0 N–H and O–H groups in total. The number of hydrogen-bond acceptors (Lipinski definition) is 1. The molecule has 0 aliphatic heterocycles. The van der Waals surface area contributed by atoms with Crippen molar-refractivity contribution in [1.29, 1.82) is 0 Å². The topological polar surface area (TPSA) is 3.24 Å². The molecule has 1 radical (unpaired) electrons. The summed E-state index contributed by atoms with van der Waals surface area (Å²) in [5.41, 5.74) is 0. The van der Waals surface area contributed by atoms with Crippen LogP contribution < -0.4 is 0 Å². The Balaban J connectivity index is 4.45. The molecule has 0 saturated carbocycles. The van der Waals surface area contributed by atoms with Gasteiger partial charge in [0.2, 0.25) is 0 Å². The van der Waals surface area contributed by atoms with E-state index in [2.05, 4.69) is 50.4 Å². The maximum atomic E-state index is 3.96. The van der Waals surface area contributed by atoms with E-state index in [1.807, 2.05) is 0 Å². The predicted molar refractivity (Wildman–Crippen MR) is 63.4 cm³/mol. The molecule has 0 spiro atoms. The lowest BCUT2D eigenvalue weighted by molar-refractivity contribution is 0.619. The first-order valence-electron chi connectivity index (χ1n) is 4.76. The third kappa shape index (κ3) is 3.87. The van der Waals surface area contributed by atoms with Gasteiger partial charge >= 0.3 is 0 Å². The van der Waals surface area contributed by atoms with E-state index in [-0.39, 0.29) is 0 Å². The van der Waals surface area contributed by atoms with Crippen LogP contribution in [0, 0.1) is 6.92 Å². The highest BCUT2D eigenvalue weighted by Crippen LogP contribution is 2.19. The normalized spacial score (nSPS) is 14.0. The van der Waals surface area contributed by atoms with Crippen molar-refractivity contribution >= 4 is 16.5 Å². The van der Waals surface area contributed by atoms with Crippen LogP contribution >= 0.6 is 0 Å². The van der Waals surface area contributed by atoms with E-state index < -0.39 is 16.5 Å². The van der Waals surface area contributed by atoms with E-state index in [0.29, 0.717) is 0 Å². The first-order valence-corrected chi connectivity index (χ1v) is 11.7. The van der Waals surface area contributed by atoms with Crippen LogP contribution in [0.5, 0.6) is 0 Å². The van der Waals surface area contributed by atoms with Crippen molar-refractivity contribution in [2.45, 2.75) is 45.7 Å². The Morgan fingerprint density at radius 2 is 1.25 bits per heavy atom.